The van der Waals surface area contributed by atoms with Crippen molar-refractivity contribution < 1.29 is 9.59 Å². The zero-order valence-electron chi connectivity index (χ0n) is 7.27. The lowest BCUT2D eigenvalue weighted by molar-refractivity contribution is 0.385. The number of hydrogen-bond donors (Lipinski definition) is 2. The summed E-state index contributed by atoms with van der Waals surface area (Å²) in [5.41, 5.74) is 0. The molecular formula is C10H12O2Si. The molecule has 0 spiro atoms. The monoisotopic (exact) mass is 192 g/mol. The largest absolute Gasteiger partial charge is 0.404 e. The molecule has 3 heteroatoms. The molecule has 0 aromatic carbocycles. The number of hydrogen-bond acceptors (Lipinski definition) is 2. The summed E-state index contributed by atoms with van der Waals surface area (Å²) in [4.78, 5) is 20.0. The fraction of sp³-hybridized carbons (Fsp3) is 0.200. The molecule has 0 saturated carbocycles. The number of rotatable bonds is 2. The Kier molecular flexibility index (Phi) is 2.07. The van der Waals surface area contributed by atoms with Crippen LogP contribution in [0.3, 0.4) is 0 Å². The van der Waals surface area contributed by atoms with Gasteiger partial charge in [0.1, 0.15) is 0 Å². The van der Waals surface area contributed by atoms with Gasteiger partial charge in [0.05, 0.1) is 0 Å². The topological polar surface area (TPSA) is 40.5 Å². The molecule has 2 rings (SSSR count). The van der Waals surface area contributed by atoms with E-state index in [1.54, 1.807) is 0 Å². The highest BCUT2D eigenvalue weighted by atomic mass is 28.4. The molecule has 2 nitrogen and oxygen atoms in total. The van der Waals surface area contributed by atoms with Gasteiger partial charge in [0.2, 0.25) is 0 Å². The van der Waals surface area contributed by atoms with E-state index in [9.17, 15) is 9.59 Å². The molecule has 0 aromatic rings. The Hall–Kier alpha value is -0.903. The maximum atomic E-state index is 9.99. The van der Waals surface area contributed by atoms with Crippen LogP contribution in [0, 0.1) is 0 Å². The van der Waals surface area contributed by atoms with E-state index in [0.29, 0.717) is 12.8 Å². The van der Waals surface area contributed by atoms with Gasteiger partial charge >= 0.3 is 8.56 Å². The van der Waals surface area contributed by atoms with Gasteiger partial charge in [-0.3, -0.25) is 0 Å². The average molecular weight is 192 g/mol. The van der Waals surface area contributed by atoms with Gasteiger partial charge in [-0.25, -0.2) is 0 Å². The van der Waals surface area contributed by atoms with Crippen LogP contribution in [0.4, 0.5) is 0 Å². The van der Waals surface area contributed by atoms with Crippen molar-refractivity contribution in [2.75, 3.05) is 0 Å². The zero-order chi connectivity index (χ0) is 9.31. The summed E-state index contributed by atoms with van der Waals surface area (Å²) in [6.45, 7) is 0. The summed E-state index contributed by atoms with van der Waals surface area (Å²) in [5.74, 6) is 0. The molecule has 0 unspecified atom stereocenters. The highest BCUT2D eigenvalue weighted by Crippen LogP contribution is 2.28. The minimum atomic E-state index is -3.24. The van der Waals surface area contributed by atoms with Crippen molar-refractivity contribution in [3.8, 4) is 0 Å². The molecule has 0 atom stereocenters. The van der Waals surface area contributed by atoms with Gasteiger partial charge in [-0.15, -0.1) is 0 Å². The lowest BCUT2D eigenvalue weighted by Gasteiger charge is -2.20. The predicted octanol–water partition coefficient (Wildman–Crippen LogP) is 1.26. The van der Waals surface area contributed by atoms with Crippen molar-refractivity contribution in [1.29, 1.82) is 0 Å². The van der Waals surface area contributed by atoms with E-state index < -0.39 is 8.56 Å². The van der Waals surface area contributed by atoms with Gasteiger partial charge in [-0.2, -0.15) is 0 Å². The lowest BCUT2D eigenvalue weighted by atomic mass is 10.5. The maximum absolute atomic E-state index is 9.99. The summed E-state index contributed by atoms with van der Waals surface area (Å²) < 4.78 is 0. The molecule has 68 valence electrons. The highest BCUT2D eigenvalue weighted by Gasteiger charge is 2.38. The van der Waals surface area contributed by atoms with E-state index in [1.807, 2.05) is 36.5 Å². The fourth-order valence-electron chi connectivity index (χ4n) is 1.62. The maximum Gasteiger partial charge on any atom is 0.394 e. The Balaban J connectivity index is 2.20. The van der Waals surface area contributed by atoms with Gasteiger partial charge in [0.15, 0.2) is 0 Å². The molecule has 0 fully saturated rings. The van der Waals surface area contributed by atoms with Crippen LogP contribution >= 0.6 is 0 Å². The van der Waals surface area contributed by atoms with E-state index in [4.69, 9.17) is 0 Å². The van der Waals surface area contributed by atoms with Crippen molar-refractivity contribution in [1.82, 2.24) is 0 Å². The van der Waals surface area contributed by atoms with Crippen molar-refractivity contribution >= 4 is 8.56 Å². The molecule has 2 aliphatic carbocycles. The van der Waals surface area contributed by atoms with Crippen molar-refractivity contribution in [3.05, 3.63) is 46.8 Å². The van der Waals surface area contributed by atoms with Crippen LogP contribution in [0.2, 0.25) is 0 Å². The zero-order valence-corrected chi connectivity index (χ0v) is 8.27. The van der Waals surface area contributed by atoms with Gasteiger partial charge < -0.3 is 9.59 Å². The molecule has 13 heavy (non-hydrogen) atoms. The number of allylic oxidation sites excluding steroid dienone is 8. The summed E-state index contributed by atoms with van der Waals surface area (Å²) in [6, 6.07) is 0. The first kappa shape index (κ1) is 8.68. The summed E-state index contributed by atoms with van der Waals surface area (Å²) >= 11 is 0. The van der Waals surface area contributed by atoms with Crippen LogP contribution in [-0.4, -0.2) is 18.2 Å². The fourth-order valence-corrected chi connectivity index (χ4v) is 3.49. The van der Waals surface area contributed by atoms with Crippen LogP contribution < -0.4 is 0 Å². The SMILES string of the molecule is O[Si](O)(C1=CC=CC1)C1=CC=CC1. The second kappa shape index (κ2) is 3.10. The first-order valence-electron chi connectivity index (χ1n) is 4.38. The predicted molar refractivity (Wildman–Crippen MR) is 53.9 cm³/mol. The van der Waals surface area contributed by atoms with Crippen molar-refractivity contribution in [3.63, 3.8) is 0 Å². The first-order valence-corrected chi connectivity index (χ1v) is 6.28. The Labute approximate surface area is 78.5 Å². The van der Waals surface area contributed by atoms with Crippen molar-refractivity contribution in [2.24, 2.45) is 0 Å². The minimum Gasteiger partial charge on any atom is -0.404 e. The van der Waals surface area contributed by atoms with Gasteiger partial charge in [0.25, 0.3) is 0 Å². The van der Waals surface area contributed by atoms with Crippen LogP contribution in [0.25, 0.3) is 0 Å². The Morgan fingerprint density at radius 2 is 1.38 bits per heavy atom. The molecule has 0 radical (unpaired) electrons. The third kappa shape index (κ3) is 1.46. The molecule has 0 saturated heterocycles. The molecule has 0 bridgehead atoms. The van der Waals surface area contributed by atoms with E-state index in [-0.39, 0.29) is 0 Å². The van der Waals surface area contributed by atoms with E-state index in [2.05, 4.69) is 0 Å². The highest BCUT2D eigenvalue weighted by molar-refractivity contribution is 6.79. The van der Waals surface area contributed by atoms with Gasteiger partial charge in [-0.05, 0) is 23.2 Å². The third-order valence-corrected chi connectivity index (χ3v) is 4.97. The standard InChI is InChI=1S/C10H12O2Si/c11-13(12,9-5-1-2-6-9)10-7-3-4-8-10/h1-5,7,11-12H,6,8H2. The second-order valence-electron chi connectivity index (χ2n) is 3.32. The molecular weight excluding hydrogens is 180 g/mol. The summed E-state index contributed by atoms with van der Waals surface area (Å²) in [6.07, 6.45) is 12.7. The van der Waals surface area contributed by atoms with Gasteiger partial charge in [-0.1, -0.05) is 36.5 Å². The van der Waals surface area contributed by atoms with Crippen LogP contribution in [0.5, 0.6) is 0 Å². The molecule has 0 aromatic heterocycles. The Bertz CT molecular complexity index is 303. The van der Waals surface area contributed by atoms with Crippen LogP contribution in [0.1, 0.15) is 12.8 Å². The third-order valence-electron chi connectivity index (χ3n) is 2.44. The quantitative estimate of drug-likeness (QED) is 0.647. The van der Waals surface area contributed by atoms with Crippen LogP contribution in [0.15, 0.2) is 46.8 Å². The summed E-state index contributed by atoms with van der Waals surface area (Å²) in [5, 5.41) is 1.59. The van der Waals surface area contributed by atoms with E-state index in [0.717, 1.165) is 10.4 Å². The Morgan fingerprint density at radius 3 is 1.69 bits per heavy atom. The molecule has 0 aliphatic heterocycles. The molecule has 2 aliphatic rings. The van der Waals surface area contributed by atoms with E-state index in [1.165, 1.54) is 0 Å². The van der Waals surface area contributed by atoms with Crippen molar-refractivity contribution in [2.45, 2.75) is 12.8 Å². The molecule has 0 amide bonds. The Morgan fingerprint density at radius 1 is 0.923 bits per heavy atom. The second-order valence-corrected chi connectivity index (χ2v) is 5.95. The first-order chi connectivity index (χ1) is 6.21. The normalized spacial score (nSPS) is 20.8. The summed E-state index contributed by atoms with van der Waals surface area (Å²) in [7, 11) is -3.24. The van der Waals surface area contributed by atoms with Gasteiger partial charge in [0, 0.05) is 0 Å². The molecule has 2 N–H and O–H groups in total. The van der Waals surface area contributed by atoms with Crippen LogP contribution in [-0.2, 0) is 0 Å². The average Bonchev–Trinajstić information content (AvgIpc) is 2.78. The minimum absolute atomic E-state index is 0.691. The smallest absolute Gasteiger partial charge is 0.394 e. The molecule has 0 heterocycles. The lowest BCUT2D eigenvalue weighted by Crippen LogP contribution is -2.39. The van der Waals surface area contributed by atoms with E-state index >= 15 is 0 Å².